The number of halogens is 1. The van der Waals surface area contributed by atoms with Gasteiger partial charge in [0, 0.05) is 24.5 Å². The number of nitrogens with zero attached hydrogens (tertiary/aromatic N) is 2. The molecular weight excluding hydrogens is 383 g/mol. The Balaban J connectivity index is 1.86. The van der Waals surface area contributed by atoms with Gasteiger partial charge in [-0.25, -0.2) is 4.39 Å². The molecule has 0 saturated carbocycles. The number of likely N-dealkylation sites (tertiary alicyclic amines) is 1. The van der Waals surface area contributed by atoms with Crippen molar-refractivity contribution in [2.45, 2.75) is 19.5 Å². The second-order valence-corrected chi connectivity index (χ2v) is 7.20. The van der Waals surface area contributed by atoms with Crippen LogP contribution in [0.25, 0.3) is 5.76 Å². The Bertz CT molecular complexity index is 1140. The number of ketones is 1. The molecule has 1 unspecified atom stereocenters. The molecular formula is C24H19FN2O3. The van der Waals surface area contributed by atoms with E-state index in [1.165, 1.54) is 29.4 Å². The van der Waals surface area contributed by atoms with E-state index < -0.39 is 17.7 Å². The second kappa shape index (κ2) is 7.91. The van der Waals surface area contributed by atoms with Crippen LogP contribution >= 0.6 is 0 Å². The van der Waals surface area contributed by atoms with Gasteiger partial charge in [-0.1, -0.05) is 42.0 Å². The number of Topliss-reactive ketones (excluding diaryl/α,β-unsaturated/α-hetero) is 1. The smallest absolute Gasteiger partial charge is 0.295 e. The van der Waals surface area contributed by atoms with Gasteiger partial charge in [0.25, 0.3) is 11.7 Å². The first-order chi connectivity index (χ1) is 14.5. The fourth-order valence-corrected chi connectivity index (χ4v) is 3.68. The van der Waals surface area contributed by atoms with Crippen molar-refractivity contribution in [3.63, 3.8) is 0 Å². The van der Waals surface area contributed by atoms with Crippen LogP contribution in [0.15, 0.2) is 78.6 Å². The minimum absolute atomic E-state index is 0.0268. The summed E-state index contributed by atoms with van der Waals surface area (Å²) < 4.78 is 13.3. The van der Waals surface area contributed by atoms with Gasteiger partial charge in [0.15, 0.2) is 0 Å². The Kier molecular flexibility index (Phi) is 5.14. The maximum absolute atomic E-state index is 13.3. The molecule has 3 aromatic rings. The third-order valence-corrected chi connectivity index (χ3v) is 5.12. The largest absolute Gasteiger partial charge is 0.507 e. The average Bonchev–Trinajstić information content (AvgIpc) is 3.00. The van der Waals surface area contributed by atoms with Gasteiger partial charge >= 0.3 is 0 Å². The fourth-order valence-electron chi connectivity index (χ4n) is 3.68. The van der Waals surface area contributed by atoms with Crippen molar-refractivity contribution in [3.8, 4) is 0 Å². The maximum Gasteiger partial charge on any atom is 0.295 e. The van der Waals surface area contributed by atoms with E-state index in [-0.39, 0.29) is 23.7 Å². The summed E-state index contributed by atoms with van der Waals surface area (Å²) in [6, 6.07) is 15.6. The van der Waals surface area contributed by atoms with E-state index in [2.05, 4.69) is 4.98 Å². The summed E-state index contributed by atoms with van der Waals surface area (Å²) in [5.41, 5.74) is 2.79. The lowest BCUT2D eigenvalue weighted by atomic mass is 9.94. The van der Waals surface area contributed by atoms with Crippen LogP contribution in [0.3, 0.4) is 0 Å². The van der Waals surface area contributed by atoms with Crippen LogP contribution in [0.5, 0.6) is 0 Å². The summed E-state index contributed by atoms with van der Waals surface area (Å²) in [5, 5.41) is 10.9. The number of aromatic nitrogens is 1. The zero-order valence-corrected chi connectivity index (χ0v) is 16.2. The maximum atomic E-state index is 13.3. The van der Waals surface area contributed by atoms with E-state index in [9.17, 15) is 19.1 Å². The van der Waals surface area contributed by atoms with E-state index in [1.54, 1.807) is 24.3 Å². The third kappa shape index (κ3) is 3.59. The number of carbonyl (C=O) groups is 2. The lowest BCUT2D eigenvalue weighted by Crippen LogP contribution is -2.29. The highest BCUT2D eigenvalue weighted by Crippen LogP contribution is 2.40. The van der Waals surface area contributed by atoms with Gasteiger partial charge in [-0.05, 0) is 42.3 Å². The lowest BCUT2D eigenvalue weighted by Gasteiger charge is -2.25. The van der Waals surface area contributed by atoms with Crippen LogP contribution in [0.1, 0.15) is 28.3 Å². The molecule has 2 aromatic carbocycles. The minimum atomic E-state index is -0.761. The standard InChI is InChI=1S/C24H19FN2O3/c1-15-3-2-4-18(13-15)21-20(22(28)17-9-11-26-12-10-17)23(29)24(30)27(21)14-16-5-7-19(25)8-6-16/h2-13,21,28H,14H2,1H3/b22-20-. The third-order valence-electron chi connectivity index (χ3n) is 5.12. The first kappa shape index (κ1) is 19.5. The molecule has 0 bridgehead atoms. The van der Waals surface area contributed by atoms with Crippen LogP contribution in [0.2, 0.25) is 0 Å². The highest BCUT2D eigenvalue weighted by Gasteiger charge is 2.46. The van der Waals surface area contributed by atoms with Crippen LogP contribution in [-0.2, 0) is 16.1 Å². The van der Waals surface area contributed by atoms with Gasteiger partial charge in [0.05, 0.1) is 11.6 Å². The van der Waals surface area contributed by atoms with Crippen LogP contribution in [-0.4, -0.2) is 26.7 Å². The number of aryl methyl sites for hydroxylation is 1. The molecule has 1 atom stereocenters. The number of hydrogen-bond acceptors (Lipinski definition) is 4. The molecule has 1 aromatic heterocycles. The second-order valence-electron chi connectivity index (χ2n) is 7.20. The Morgan fingerprint density at radius 3 is 2.43 bits per heavy atom. The summed E-state index contributed by atoms with van der Waals surface area (Å²) in [7, 11) is 0. The zero-order valence-electron chi connectivity index (χ0n) is 16.2. The van der Waals surface area contributed by atoms with Gasteiger partial charge in [0.2, 0.25) is 0 Å². The highest BCUT2D eigenvalue weighted by molar-refractivity contribution is 6.46. The number of aliphatic hydroxyl groups excluding tert-OH is 1. The Morgan fingerprint density at radius 1 is 1.07 bits per heavy atom. The first-order valence-electron chi connectivity index (χ1n) is 9.45. The lowest BCUT2D eigenvalue weighted by molar-refractivity contribution is -0.140. The number of hydrogen-bond donors (Lipinski definition) is 1. The molecule has 2 heterocycles. The molecule has 150 valence electrons. The van der Waals surface area contributed by atoms with Crippen molar-refractivity contribution < 1.29 is 19.1 Å². The number of pyridine rings is 1. The Hall–Kier alpha value is -3.80. The van der Waals surface area contributed by atoms with Crippen LogP contribution in [0, 0.1) is 12.7 Å². The molecule has 30 heavy (non-hydrogen) atoms. The van der Waals surface area contributed by atoms with Crippen molar-refractivity contribution >= 4 is 17.4 Å². The normalized spacial score (nSPS) is 18.1. The first-order valence-corrected chi connectivity index (χ1v) is 9.45. The van der Waals surface area contributed by atoms with Crippen molar-refractivity contribution in [1.82, 2.24) is 9.88 Å². The topological polar surface area (TPSA) is 70.5 Å². The molecule has 5 nitrogen and oxygen atoms in total. The monoisotopic (exact) mass is 402 g/mol. The molecule has 0 aliphatic carbocycles. The molecule has 6 heteroatoms. The summed E-state index contributed by atoms with van der Waals surface area (Å²) in [6.07, 6.45) is 3.01. The molecule has 0 radical (unpaired) electrons. The fraction of sp³-hybridized carbons (Fsp3) is 0.125. The highest BCUT2D eigenvalue weighted by atomic mass is 19.1. The van der Waals surface area contributed by atoms with Crippen LogP contribution in [0.4, 0.5) is 4.39 Å². The SMILES string of the molecule is Cc1cccc(C2/C(=C(/O)c3ccncc3)C(=O)C(=O)N2Cc2ccc(F)cc2)c1. The predicted molar refractivity (Wildman–Crippen MR) is 110 cm³/mol. The molecule has 4 rings (SSSR count). The van der Waals surface area contributed by atoms with E-state index in [0.29, 0.717) is 16.7 Å². The average molecular weight is 402 g/mol. The summed E-state index contributed by atoms with van der Waals surface area (Å²) in [5.74, 6) is -2.09. The van der Waals surface area contributed by atoms with E-state index in [4.69, 9.17) is 0 Å². The number of carbonyl (C=O) groups excluding carboxylic acids is 2. The molecule has 0 spiro atoms. The van der Waals surface area contributed by atoms with E-state index in [0.717, 1.165) is 5.56 Å². The number of rotatable bonds is 4. The number of aliphatic hydroxyl groups is 1. The minimum Gasteiger partial charge on any atom is -0.507 e. The van der Waals surface area contributed by atoms with Crippen LogP contribution < -0.4 is 0 Å². The summed E-state index contributed by atoms with van der Waals surface area (Å²) in [6.45, 7) is 2.02. The zero-order chi connectivity index (χ0) is 21.3. The molecule has 1 aliphatic rings. The Labute approximate surface area is 173 Å². The quantitative estimate of drug-likeness (QED) is 0.404. The van der Waals surface area contributed by atoms with Crippen molar-refractivity contribution in [1.29, 1.82) is 0 Å². The summed E-state index contributed by atoms with van der Waals surface area (Å²) in [4.78, 5) is 31.2. The van der Waals surface area contributed by atoms with Crippen molar-refractivity contribution in [2.24, 2.45) is 0 Å². The predicted octanol–water partition coefficient (Wildman–Crippen LogP) is 4.15. The van der Waals surface area contributed by atoms with Crippen molar-refractivity contribution in [3.05, 3.63) is 107 Å². The van der Waals surface area contributed by atoms with Gasteiger partial charge in [0.1, 0.15) is 11.6 Å². The van der Waals surface area contributed by atoms with E-state index >= 15 is 0 Å². The van der Waals surface area contributed by atoms with Gasteiger partial charge in [-0.3, -0.25) is 14.6 Å². The number of benzene rings is 2. The van der Waals surface area contributed by atoms with E-state index in [1.807, 2.05) is 31.2 Å². The summed E-state index contributed by atoms with van der Waals surface area (Å²) >= 11 is 0. The molecule has 1 amide bonds. The molecule has 1 N–H and O–H groups in total. The Morgan fingerprint density at radius 2 is 1.77 bits per heavy atom. The van der Waals surface area contributed by atoms with Gasteiger partial charge < -0.3 is 10.0 Å². The number of amides is 1. The van der Waals surface area contributed by atoms with Gasteiger partial charge in [-0.15, -0.1) is 0 Å². The molecule has 1 saturated heterocycles. The van der Waals surface area contributed by atoms with Crippen molar-refractivity contribution in [2.75, 3.05) is 0 Å². The van der Waals surface area contributed by atoms with Gasteiger partial charge in [-0.2, -0.15) is 0 Å². The molecule has 1 aliphatic heterocycles. The molecule has 1 fully saturated rings.